The first-order valence-corrected chi connectivity index (χ1v) is 13.5. The van der Waals surface area contributed by atoms with Gasteiger partial charge in [0.05, 0.1) is 15.2 Å². The van der Waals surface area contributed by atoms with Crippen molar-refractivity contribution in [3.05, 3.63) is 52.0 Å². The van der Waals surface area contributed by atoms with Gasteiger partial charge in [0.25, 0.3) is 0 Å². The number of anilines is 1. The molecule has 0 fully saturated rings. The molecule has 0 unspecified atom stereocenters. The third-order valence-corrected chi connectivity index (χ3v) is 8.26. The SMILES string of the molecule is CCN(CC)CCN(C(=O)CCCSc1ccc(Cl)cc1)c1nc2c(C)ccc(Cl)c2s1. The molecule has 4 nitrogen and oxygen atoms in total. The fraction of sp³-hybridized carbons (Fsp3) is 0.417. The van der Waals surface area contributed by atoms with Crippen LogP contribution >= 0.6 is 46.3 Å². The number of nitrogens with zero attached hydrogens (tertiary/aromatic N) is 3. The van der Waals surface area contributed by atoms with Crippen molar-refractivity contribution in [1.82, 2.24) is 9.88 Å². The number of thiazole rings is 1. The maximum absolute atomic E-state index is 13.2. The molecule has 0 spiro atoms. The summed E-state index contributed by atoms with van der Waals surface area (Å²) in [6, 6.07) is 11.7. The molecule has 3 aromatic rings. The first-order valence-electron chi connectivity index (χ1n) is 10.9. The number of carbonyl (C=O) groups is 1. The van der Waals surface area contributed by atoms with E-state index in [1.54, 1.807) is 11.8 Å². The molecule has 0 saturated heterocycles. The van der Waals surface area contributed by atoms with Crippen LogP contribution in [0.5, 0.6) is 0 Å². The van der Waals surface area contributed by atoms with E-state index in [1.807, 2.05) is 48.2 Å². The number of rotatable bonds is 11. The number of aryl methyl sites for hydroxylation is 1. The molecule has 0 aliphatic carbocycles. The Kier molecular flexibility index (Phi) is 9.68. The number of fused-ring (bicyclic) bond motifs is 1. The Hall–Kier alpha value is -1.31. The Morgan fingerprint density at radius 1 is 1.06 bits per heavy atom. The summed E-state index contributed by atoms with van der Waals surface area (Å²) in [5.74, 6) is 0.990. The van der Waals surface area contributed by atoms with Crippen LogP contribution in [0.1, 0.15) is 32.3 Å². The summed E-state index contributed by atoms with van der Waals surface area (Å²) in [4.78, 5) is 23.4. The minimum Gasteiger partial charge on any atom is -0.302 e. The van der Waals surface area contributed by atoms with Crippen molar-refractivity contribution in [2.75, 3.05) is 36.8 Å². The van der Waals surface area contributed by atoms with Crippen molar-refractivity contribution < 1.29 is 4.79 Å². The second-order valence-corrected chi connectivity index (χ2v) is 10.5. The number of benzene rings is 2. The lowest BCUT2D eigenvalue weighted by Crippen LogP contribution is -2.38. The summed E-state index contributed by atoms with van der Waals surface area (Å²) >= 11 is 15.6. The second kappa shape index (κ2) is 12.2. The van der Waals surface area contributed by atoms with Crippen molar-refractivity contribution in [3.8, 4) is 0 Å². The molecule has 32 heavy (non-hydrogen) atoms. The first-order chi connectivity index (χ1) is 15.4. The van der Waals surface area contributed by atoms with Gasteiger partial charge in [0.15, 0.2) is 5.13 Å². The predicted molar refractivity (Wildman–Crippen MR) is 141 cm³/mol. The topological polar surface area (TPSA) is 36.4 Å². The maximum Gasteiger partial charge on any atom is 0.228 e. The molecular weight excluding hydrogens is 481 g/mol. The molecule has 1 amide bonds. The van der Waals surface area contributed by atoms with Crippen LogP contribution in [-0.4, -0.2) is 47.7 Å². The summed E-state index contributed by atoms with van der Waals surface area (Å²) in [7, 11) is 0. The average molecular weight is 511 g/mol. The zero-order chi connectivity index (χ0) is 23.1. The lowest BCUT2D eigenvalue weighted by atomic mass is 10.2. The van der Waals surface area contributed by atoms with Gasteiger partial charge in [-0.25, -0.2) is 4.98 Å². The Morgan fingerprint density at radius 2 is 1.78 bits per heavy atom. The molecule has 0 bridgehead atoms. The smallest absolute Gasteiger partial charge is 0.228 e. The van der Waals surface area contributed by atoms with Gasteiger partial charge in [0.2, 0.25) is 5.91 Å². The van der Waals surface area contributed by atoms with Crippen LogP contribution in [0.25, 0.3) is 10.2 Å². The molecule has 1 heterocycles. The Balaban J connectivity index is 1.70. The number of amides is 1. The standard InChI is InChI=1S/C24H29Cl2N3OS2/c1-4-28(5-2)14-15-29(24-27-22-17(3)8-13-20(26)23(22)32-24)21(30)7-6-16-31-19-11-9-18(25)10-12-19/h8-13H,4-7,14-16H2,1-3H3. The molecule has 1 aromatic heterocycles. The van der Waals surface area contributed by atoms with Crippen LogP contribution in [-0.2, 0) is 4.79 Å². The van der Waals surface area contributed by atoms with Crippen LogP contribution in [0, 0.1) is 6.92 Å². The molecule has 172 valence electrons. The zero-order valence-electron chi connectivity index (χ0n) is 18.7. The predicted octanol–water partition coefficient (Wildman–Crippen LogP) is 7.16. The number of hydrogen-bond donors (Lipinski definition) is 0. The molecule has 3 rings (SSSR count). The molecule has 0 atom stereocenters. The van der Waals surface area contributed by atoms with Gasteiger partial charge in [0, 0.05) is 29.4 Å². The van der Waals surface area contributed by atoms with Gasteiger partial charge >= 0.3 is 0 Å². The first kappa shape index (κ1) is 25.3. The summed E-state index contributed by atoms with van der Waals surface area (Å²) in [5, 5.41) is 2.16. The normalized spacial score (nSPS) is 11.4. The molecular formula is C24H29Cl2N3OS2. The van der Waals surface area contributed by atoms with Crippen LogP contribution in [0.2, 0.25) is 10.0 Å². The van der Waals surface area contributed by atoms with Crippen LogP contribution in [0.3, 0.4) is 0 Å². The minimum absolute atomic E-state index is 0.113. The summed E-state index contributed by atoms with van der Waals surface area (Å²) < 4.78 is 0.945. The molecule has 0 N–H and O–H groups in total. The van der Waals surface area contributed by atoms with E-state index < -0.39 is 0 Å². The van der Waals surface area contributed by atoms with Gasteiger partial charge in [-0.2, -0.15) is 0 Å². The molecule has 8 heteroatoms. The molecule has 2 aromatic carbocycles. The van der Waals surface area contributed by atoms with E-state index in [9.17, 15) is 4.79 Å². The highest BCUT2D eigenvalue weighted by atomic mass is 35.5. The minimum atomic E-state index is 0.113. The quantitative estimate of drug-likeness (QED) is 0.203. The van der Waals surface area contributed by atoms with Gasteiger partial charge in [0.1, 0.15) is 0 Å². The number of aromatic nitrogens is 1. The Labute approximate surface area is 208 Å². The molecule has 0 aliphatic rings. The van der Waals surface area contributed by atoms with Crippen molar-refractivity contribution in [3.63, 3.8) is 0 Å². The number of likely N-dealkylation sites (N-methyl/N-ethyl adjacent to an activating group) is 1. The fourth-order valence-electron chi connectivity index (χ4n) is 3.39. The largest absolute Gasteiger partial charge is 0.302 e. The van der Waals surface area contributed by atoms with E-state index in [4.69, 9.17) is 28.2 Å². The molecule has 0 aliphatic heterocycles. The lowest BCUT2D eigenvalue weighted by Gasteiger charge is -2.24. The number of carbonyl (C=O) groups excluding carboxylic acids is 1. The number of thioether (sulfide) groups is 1. The van der Waals surface area contributed by atoms with E-state index in [2.05, 4.69) is 18.7 Å². The van der Waals surface area contributed by atoms with Crippen LogP contribution < -0.4 is 4.90 Å². The number of halogens is 2. The van der Waals surface area contributed by atoms with E-state index >= 15 is 0 Å². The summed E-state index contributed by atoms with van der Waals surface area (Å²) in [5.41, 5.74) is 1.96. The lowest BCUT2D eigenvalue weighted by molar-refractivity contribution is -0.118. The van der Waals surface area contributed by atoms with Crippen LogP contribution in [0.4, 0.5) is 5.13 Å². The Bertz CT molecular complexity index is 997. The average Bonchev–Trinajstić information content (AvgIpc) is 3.24. The van der Waals surface area contributed by atoms with Crippen molar-refractivity contribution >= 4 is 67.6 Å². The zero-order valence-corrected chi connectivity index (χ0v) is 21.9. The van der Waals surface area contributed by atoms with Gasteiger partial charge < -0.3 is 4.90 Å². The summed E-state index contributed by atoms with van der Waals surface area (Å²) in [6.07, 6.45) is 1.29. The van der Waals surface area contributed by atoms with Crippen molar-refractivity contribution in [2.45, 2.75) is 38.5 Å². The maximum atomic E-state index is 13.2. The molecule has 0 saturated carbocycles. The Morgan fingerprint density at radius 3 is 2.44 bits per heavy atom. The van der Waals surface area contributed by atoms with Gasteiger partial charge in [-0.1, -0.05) is 54.5 Å². The van der Waals surface area contributed by atoms with E-state index in [0.29, 0.717) is 18.0 Å². The highest BCUT2D eigenvalue weighted by molar-refractivity contribution is 7.99. The van der Waals surface area contributed by atoms with E-state index in [1.165, 1.54) is 11.3 Å². The third kappa shape index (κ3) is 6.61. The van der Waals surface area contributed by atoms with Gasteiger partial charge in [-0.3, -0.25) is 9.69 Å². The third-order valence-electron chi connectivity index (χ3n) is 5.37. The fourth-order valence-corrected chi connectivity index (χ4v) is 5.73. The van der Waals surface area contributed by atoms with Crippen molar-refractivity contribution in [2.24, 2.45) is 0 Å². The molecule has 0 radical (unpaired) electrons. The second-order valence-electron chi connectivity index (χ2n) is 7.52. The highest BCUT2D eigenvalue weighted by Gasteiger charge is 2.21. The van der Waals surface area contributed by atoms with Crippen molar-refractivity contribution in [1.29, 1.82) is 0 Å². The summed E-state index contributed by atoms with van der Waals surface area (Å²) in [6.45, 7) is 9.68. The van der Waals surface area contributed by atoms with Crippen LogP contribution in [0.15, 0.2) is 41.3 Å². The van der Waals surface area contributed by atoms with E-state index in [0.717, 1.165) is 62.6 Å². The monoisotopic (exact) mass is 509 g/mol. The van der Waals surface area contributed by atoms with E-state index in [-0.39, 0.29) is 5.91 Å². The van der Waals surface area contributed by atoms with Gasteiger partial charge in [-0.05, 0) is 68.1 Å². The van der Waals surface area contributed by atoms with Gasteiger partial charge in [-0.15, -0.1) is 11.8 Å². The number of hydrogen-bond acceptors (Lipinski definition) is 5. The highest BCUT2D eigenvalue weighted by Crippen LogP contribution is 2.36.